The molecule has 0 fully saturated rings. The number of hydrogen-bond acceptors (Lipinski definition) is 3. The number of ether oxygens (including phenoxy) is 1. The van der Waals surface area contributed by atoms with Gasteiger partial charge in [0.05, 0.1) is 0 Å². The Kier molecular flexibility index (Phi) is 1.76. The van der Waals surface area contributed by atoms with Gasteiger partial charge in [-0.05, 0) is 12.5 Å². The smallest absolute Gasteiger partial charge is 0.330 e. The maximum Gasteiger partial charge on any atom is 0.330 e. The summed E-state index contributed by atoms with van der Waals surface area (Å²) in [5.41, 5.74) is -0.923. The second-order valence-electron chi connectivity index (χ2n) is 2.40. The highest BCUT2D eigenvalue weighted by Gasteiger charge is 2.26. The first kappa shape index (κ1) is 7.28. The van der Waals surface area contributed by atoms with Gasteiger partial charge in [-0.3, -0.25) is 0 Å². The fourth-order valence-electron chi connectivity index (χ4n) is 0.735. The molecule has 0 aromatic rings. The van der Waals surface area contributed by atoms with Crippen molar-refractivity contribution in [1.82, 2.24) is 0 Å². The summed E-state index contributed by atoms with van der Waals surface area (Å²) in [5, 5.41) is 9.43. The Hall–Kier alpha value is -0.830. The molecule has 0 aromatic carbocycles. The number of hydrogen-bond donors (Lipinski definition) is 1. The van der Waals surface area contributed by atoms with Gasteiger partial charge in [-0.15, -0.1) is 0 Å². The predicted molar refractivity (Wildman–Crippen MR) is 35.3 cm³/mol. The van der Waals surface area contributed by atoms with Gasteiger partial charge in [0.25, 0.3) is 0 Å². The Morgan fingerprint density at radius 1 is 1.90 bits per heavy atom. The maximum absolute atomic E-state index is 10.4. The zero-order valence-electron chi connectivity index (χ0n) is 5.83. The number of rotatable bonds is 1. The van der Waals surface area contributed by atoms with E-state index in [1.165, 1.54) is 12.2 Å². The van der Waals surface area contributed by atoms with Crippen LogP contribution in [-0.2, 0) is 9.53 Å². The van der Waals surface area contributed by atoms with Crippen molar-refractivity contribution >= 4 is 5.97 Å². The molecule has 1 unspecified atom stereocenters. The Labute approximate surface area is 59.3 Å². The van der Waals surface area contributed by atoms with Gasteiger partial charge < -0.3 is 9.84 Å². The molecule has 0 aromatic heterocycles. The molecule has 10 heavy (non-hydrogen) atoms. The van der Waals surface area contributed by atoms with Gasteiger partial charge in [0.1, 0.15) is 12.2 Å². The highest BCUT2D eigenvalue weighted by atomic mass is 16.5. The number of aliphatic hydroxyl groups is 1. The van der Waals surface area contributed by atoms with Gasteiger partial charge in [0.15, 0.2) is 0 Å². The van der Waals surface area contributed by atoms with Crippen LogP contribution in [0.15, 0.2) is 12.2 Å². The highest BCUT2D eigenvalue weighted by molar-refractivity contribution is 5.83. The Bertz CT molecular complexity index is 174. The minimum atomic E-state index is -0.923. The molecule has 0 saturated carbocycles. The molecule has 0 amide bonds. The molecule has 0 saturated heterocycles. The number of carbonyl (C=O) groups is 1. The molecule has 1 atom stereocenters. The van der Waals surface area contributed by atoms with E-state index in [0.29, 0.717) is 6.42 Å². The van der Waals surface area contributed by atoms with Crippen molar-refractivity contribution in [2.45, 2.75) is 18.9 Å². The van der Waals surface area contributed by atoms with Crippen LogP contribution in [0.2, 0.25) is 0 Å². The Balaban J connectivity index is 2.68. The van der Waals surface area contributed by atoms with Crippen molar-refractivity contribution in [3.63, 3.8) is 0 Å². The number of cyclic esters (lactones) is 1. The van der Waals surface area contributed by atoms with E-state index in [1.807, 2.05) is 6.92 Å². The third kappa shape index (κ3) is 1.36. The summed E-state index contributed by atoms with van der Waals surface area (Å²) < 4.78 is 4.61. The minimum Gasteiger partial charge on any atom is -0.459 e. The second-order valence-corrected chi connectivity index (χ2v) is 2.40. The zero-order valence-corrected chi connectivity index (χ0v) is 5.83. The largest absolute Gasteiger partial charge is 0.459 e. The summed E-state index contributed by atoms with van der Waals surface area (Å²) in [6.07, 6.45) is 3.31. The highest BCUT2D eigenvalue weighted by Crippen LogP contribution is 2.15. The van der Waals surface area contributed by atoms with Gasteiger partial charge in [-0.1, -0.05) is 6.92 Å². The standard InChI is InChI=1S/C7H10O3/c1-2-7(9)4-3-6(8)10-5-7/h3-4,9H,2,5H2,1H3. The molecule has 1 aliphatic heterocycles. The van der Waals surface area contributed by atoms with Gasteiger partial charge >= 0.3 is 5.97 Å². The van der Waals surface area contributed by atoms with Gasteiger partial charge in [0, 0.05) is 6.08 Å². The van der Waals surface area contributed by atoms with Crippen molar-refractivity contribution < 1.29 is 14.6 Å². The zero-order chi connectivity index (χ0) is 7.61. The quantitative estimate of drug-likeness (QED) is 0.533. The summed E-state index contributed by atoms with van der Waals surface area (Å²) >= 11 is 0. The monoisotopic (exact) mass is 142 g/mol. The minimum absolute atomic E-state index is 0.0822. The molecule has 3 heteroatoms. The first-order valence-corrected chi connectivity index (χ1v) is 3.25. The van der Waals surface area contributed by atoms with Crippen LogP contribution >= 0.6 is 0 Å². The van der Waals surface area contributed by atoms with E-state index in [2.05, 4.69) is 4.74 Å². The van der Waals surface area contributed by atoms with E-state index in [-0.39, 0.29) is 12.6 Å². The van der Waals surface area contributed by atoms with Crippen LogP contribution < -0.4 is 0 Å². The molecular weight excluding hydrogens is 132 g/mol. The van der Waals surface area contributed by atoms with Crippen LogP contribution in [0.5, 0.6) is 0 Å². The van der Waals surface area contributed by atoms with Crippen LogP contribution in [-0.4, -0.2) is 23.3 Å². The molecule has 0 bridgehead atoms. The van der Waals surface area contributed by atoms with E-state index in [4.69, 9.17) is 0 Å². The van der Waals surface area contributed by atoms with Gasteiger partial charge in [0.2, 0.25) is 0 Å². The normalized spacial score (nSPS) is 32.0. The van der Waals surface area contributed by atoms with E-state index < -0.39 is 5.60 Å². The van der Waals surface area contributed by atoms with Crippen LogP contribution in [0.1, 0.15) is 13.3 Å². The van der Waals surface area contributed by atoms with Crippen LogP contribution in [0, 0.1) is 0 Å². The Morgan fingerprint density at radius 2 is 2.60 bits per heavy atom. The van der Waals surface area contributed by atoms with Crippen molar-refractivity contribution in [2.75, 3.05) is 6.61 Å². The number of carbonyl (C=O) groups excluding carboxylic acids is 1. The van der Waals surface area contributed by atoms with E-state index in [0.717, 1.165) is 0 Å². The fraction of sp³-hybridized carbons (Fsp3) is 0.571. The summed E-state index contributed by atoms with van der Waals surface area (Å²) in [7, 11) is 0. The topological polar surface area (TPSA) is 46.5 Å². The lowest BCUT2D eigenvalue weighted by atomic mass is 10.0. The lowest BCUT2D eigenvalue weighted by molar-refractivity contribution is -0.145. The van der Waals surface area contributed by atoms with Crippen molar-refractivity contribution in [1.29, 1.82) is 0 Å². The molecule has 1 heterocycles. The Morgan fingerprint density at radius 3 is 3.00 bits per heavy atom. The van der Waals surface area contributed by atoms with Gasteiger partial charge in [-0.2, -0.15) is 0 Å². The van der Waals surface area contributed by atoms with Crippen LogP contribution in [0.3, 0.4) is 0 Å². The van der Waals surface area contributed by atoms with Gasteiger partial charge in [-0.25, -0.2) is 4.79 Å². The summed E-state index contributed by atoms with van der Waals surface area (Å²) in [4.78, 5) is 10.4. The molecule has 56 valence electrons. The van der Waals surface area contributed by atoms with Crippen LogP contribution in [0.25, 0.3) is 0 Å². The first-order valence-electron chi connectivity index (χ1n) is 3.25. The van der Waals surface area contributed by atoms with Crippen molar-refractivity contribution in [2.24, 2.45) is 0 Å². The number of esters is 1. The summed E-state index contributed by atoms with van der Waals surface area (Å²) in [6, 6.07) is 0. The SMILES string of the molecule is CCC1(O)C=CC(=O)OC1. The molecular formula is C7H10O3. The van der Waals surface area contributed by atoms with E-state index >= 15 is 0 Å². The maximum atomic E-state index is 10.4. The van der Waals surface area contributed by atoms with Crippen molar-refractivity contribution in [3.8, 4) is 0 Å². The van der Waals surface area contributed by atoms with Crippen molar-refractivity contribution in [3.05, 3.63) is 12.2 Å². The molecule has 0 radical (unpaired) electrons. The molecule has 3 nitrogen and oxygen atoms in total. The molecule has 0 spiro atoms. The molecule has 1 N–H and O–H groups in total. The van der Waals surface area contributed by atoms with Crippen LogP contribution in [0.4, 0.5) is 0 Å². The summed E-state index contributed by atoms with van der Waals surface area (Å²) in [5.74, 6) is -0.377. The average molecular weight is 142 g/mol. The predicted octanol–water partition coefficient (Wildman–Crippen LogP) is 0.240. The lowest BCUT2D eigenvalue weighted by Crippen LogP contribution is -2.35. The summed E-state index contributed by atoms with van der Waals surface area (Å²) in [6.45, 7) is 1.92. The molecule has 1 rings (SSSR count). The molecule has 1 aliphatic rings. The third-order valence-electron chi connectivity index (χ3n) is 1.61. The average Bonchev–Trinajstić information content (AvgIpc) is 1.96. The first-order chi connectivity index (χ1) is 4.66. The molecule has 0 aliphatic carbocycles. The second kappa shape index (κ2) is 2.42. The van der Waals surface area contributed by atoms with E-state index in [9.17, 15) is 9.90 Å². The lowest BCUT2D eigenvalue weighted by Gasteiger charge is -2.24. The third-order valence-corrected chi connectivity index (χ3v) is 1.61. The fourth-order valence-corrected chi connectivity index (χ4v) is 0.735. The van der Waals surface area contributed by atoms with E-state index in [1.54, 1.807) is 0 Å².